The van der Waals surface area contributed by atoms with E-state index >= 15 is 0 Å². The summed E-state index contributed by atoms with van der Waals surface area (Å²) in [6.07, 6.45) is -4.92. The first-order valence-electron chi connectivity index (χ1n) is 7.24. The minimum atomic E-state index is -6.63. The average Bonchev–Trinajstić information content (AvgIpc) is 2.54. The van der Waals surface area contributed by atoms with E-state index in [2.05, 4.69) is 0 Å². The third-order valence-corrected chi connectivity index (χ3v) is 3.36. The van der Waals surface area contributed by atoms with Crippen molar-refractivity contribution in [3.05, 3.63) is 30.1 Å². The van der Waals surface area contributed by atoms with Crippen molar-refractivity contribution in [2.45, 2.75) is 31.9 Å². The van der Waals surface area contributed by atoms with Gasteiger partial charge in [-0.15, -0.1) is 5.43 Å². The predicted octanol–water partition coefficient (Wildman–Crippen LogP) is 2.36. The normalized spacial score (nSPS) is 12.7. The number of alkyl halides is 7. The molecule has 0 radical (unpaired) electrons. The molecule has 1 heterocycles. The number of amides is 2. The number of pyridine rings is 1. The molecular weight excluding hydrogens is 375 g/mol. The maximum atomic E-state index is 13.3. The molecule has 5 nitrogen and oxygen atoms in total. The third-order valence-electron chi connectivity index (χ3n) is 3.36. The minimum Gasteiger partial charge on any atom is -0.339 e. The van der Waals surface area contributed by atoms with E-state index in [0.29, 0.717) is 17.8 Å². The lowest BCUT2D eigenvalue weighted by atomic mass is 10.1. The van der Waals surface area contributed by atoms with Crippen LogP contribution in [0.2, 0.25) is 0 Å². The first-order valence-corrected chi connectivity index (χ1v) is 7.24. The molecule has 0 saturated heterocycles. The smallest absolute Gasteiger partial charge is 0.339 e. The number of aromatic nitrogens is 1. The summed E-state index contributed by atoms with van der Waals surface area (Å²) in [5.74, 6) is -16.1. The standard InChI is InChI=1S/C14H14F7N3O2/c1-3-23(4-2)10(25)9-6-5-7-24(8-9)22-11(26)12(15,16)13(17,18)14(19,20)21/h5-8H,3-4H2,1-2H3/p+1. The van der Waals surface area contributed by atoms with Crippen molar-refractivity contribution < 1.29 is 45.0 Å². The van der Waals surface area contributed by atoms with Gasteiger partial charge >= 0.3 is 23.9 Å². The maximum absolute atomic E-state index is 13.3. The Balaban J connectivity index is 3.08. The molecule has 0 unspecified atom stereocenters. The van der Waals surface area contributed by atoms with Gasteiger partial charge in [-0.05, 0) is 19.9 Å². The number of rotatable bonds is 6. The highest BCUT2D eigenvalue weighted by molar-refractivity contribution is 5.93. The van der Waals surface area contributed by atoms with Crippen LogP contribution >= 0.6 is 0 Å². The zero-order valence-corrected chi connectivity index (χ0v) is 13.6. The van der Waals surface area contributed by atoms with Crippen LogP contribution in [0.25, 0.3) is 0 Å². The summed E-state index contributed by atoms with van der Waals surface area (Å²) < 4.78 is 89.0. The monoisotopic (exact) mass is 390 g/mol. The Bertz CT molecular complexity index is 673. The summed E-state index contributed by atoms with van der Waals surface area (Å²) in [6.45, 7) is 3.96. The highest BCUT2D eigenvalue weighted by atomic mass is 19.4. The second-order valence-corrected chi connectivity index (χ2v) is 5.06. The zero-order valence-electron chi connectivity index (χ0n) is 13.6. The van der Waals surface area contributed by atoms with Crippen molar-refractivity contribution in [2.75, 3.05) is 18.5 Å². The molecule has 0 atom stereocenters. The largest absolute Gasteiger partial charge is 0.460 e. The van der Waals surface area contributed by atoms with Crippen LogP contribution in [0.15, 0.2) is 24.5 Å². The summed E-state index contributed by atoms with van der Waals surface area (Å²) in [4.78, 5) is 24.8. The van der Waals surface area contributed by atoms with Crippen LogP contribution in [0.5, 0.6) is 0 Å². The van der Waals surface area contributed by atoms with Gasteiger partial charge in [-0.25, -0.2) is 0 Å². The van der Waals surface area contributed by atoms with Crippen LogP contribution in [0.1, 0.15) is 24.2 Å². The van der Waals surface area contributed by atoms with Crippen LogP contribution in [-0.4, -0.2) is 47.8 Å². The van der Waals surface area contributed by atoms with Gasteiger partial charge in [-0.2, -0.15) is 30.7 Å². The molecule has 146 valence electrons. The molecule has 0 bridgehead atoms. The minimum absolute atomic E-state index is 0.0950. The summed E-state index contributed by atoms with van der Waals surface area (Å²) in [5.41, 5.74) is 1.11. The molecule has 26 heavy (non-hydrogen) atoms. The lowest BCUT2D eigenvalue weighted by molar-refractivity contribution is -0.643. The zero-order chi connectivity index (χ0) is 20.3. The number of carbonyl (C=O) groups excluding carboxylic acids is 2. The third kappa shape index (κ3) is 4.05. The van der Waals surface area contributed by atoms with E-state index in [9.17, 15) is 40.3 Å². The van der Waals surface area contributed by atoms with Crippen molar-refractivity contribution in [3.63, 3.8) is 0 Å². The molecular formula is C14H15F7N3O2+. The van der Waals surface area contributed by atoms with Crippen molar-refractivity contribution in [1.82, 2.24) is 4.90 Å². The van der Waals surface area contributed by atoms with Crippen molar-refractivity contribution in [1.29, 1.82) is 0 Å². The van der Waals surface area contributed by atoms with Gasteiger partial charge in [-0.3, -0.25) is 9.59 Å². The van der Waals surface area contributed by atoms with Gasteiger partial charge in [0.2, 0.25) is 6.20 Å². The summed E-state index contributed by atoms with van der Waals surface area (Å²) in [7, 11) is 0. The molecule has 0 aromatic carbocycles. The summed E-state index contributed by atoms with van der Waals surface area (Å²) in [6, 6.07) is 2.38. The van der Waals surface area contributed by atoms with Crippen molar-refractivity contribution in [3.8, 4) is 0 Å². The topological polar surface area (TPSA) is 53.3 Å². The van der Waals surface area contributed by atoms with Crippen LogP contribution in [0.4, 0.5) is 30.7 Å². The Hall–Kier alpha value is -2.40. The lowest BCUT2D eigenvalue weighted by Crippen LogP contribution is -2.62. The van der Waals surface area contributed by atoms with Crippen LogP contribution in [-0.2, 0) is 4.79 Å². The van der Waals surface area contributed by atoms with Gasteiger partial charge in [-0.1, -0.05) is 4.68 Å². The summed E-state index contributed by atoms with van der Waals surface area (Å²) >= 11 is 0. The van der Waals surface area contributed by atoms with E-state index in [0.717, 1.165) is 18.5 Å². The number of hydrogen-bond donors (Lipinski definition) is 1. The van der Waals surface area contributed by atoms with E-state index in [1.54, 1.807) is 13.8 Å². The first kappa shape index (κ1) is 21.6. The number of halogens is 7. The second-order valence-electron chi connectivity index (χ2n) is 5.06. The Morgan fingerprint density at radius 3 is 2.08 bits per heavy atom. The molecule has 0 spiro atoms. The Morgan fingerprint density at radius 2 is 1.62 bits per heavy atom. The summed E-state index contributed by atoms with van der Waals surface area (Å²) in [5, 5.41) is 0. The molecule has 1 aromatic heterocycles. The van der Waals surface area contributed by atoms with Crippen molar-refractivity contribution >= 4 is 11.8 Å². The lowest BCUT2D eigenvalue weighted by Gasteiger charge is -2.25. The second kappa shape index (κ2) is 7.46. The first-order chi connectivity index (χ1) is 11.8. The highest BCUT2D eigenvalue weighted by Crippen LogP contribution is 2.46. The molecule has 0 aliphatic carbocycles. The molecule has 1 N–H and O–H groups in total. The molecule has 12 heteroatoms. The Kier molecular flexibility index (Phi) is 6.21. The van der Waals surface area contributed by atoms with Gasteiger partial charge < -0.3 is 4.90 Å². The van der Waals surface area contributed by atoms with E-state index in [4.69, 9.17) is 0 Å². The number of nitrogens with one attached hydrogen (secondary N) is 1. The number of nitrogens with zero attached hydrogens (tertiary/aromatic N) is 2. The predicted molar refractivity (Wildman–Crippen MR) is 74.2 cm³/mol. The number of hydrogen-bond acceptors (Lipinski definition) is 2. The van der Waals surface area contributed by atoms with Gasteiger partial charge in [0, 0.05) is 19.2 Å². The van der Waals surface area contributed by atoms with E-state index in [-0.39, 0.29) is 5.56 Å². The average molecular weight is 390 g/mol. The van der Waals surface area contributed by atoms with Gasteiger partial charge in [0.25, 0.3) is 5.91 Å². The van der Waals surface area contributed by atoms with Gasteiger partial charge in [0.05, 0.1) is 0 Å². The number of carbonyl (C=O) groups is 2. The Labute approximate surface area is 143 Å². The van der Waals surface area contributed by atoms with Crippen LogP contribution < -0.4 is 10.1 Å². The fourth-order valence-corrected chi connectivity index (χ4v) is 1.87. The molecule has 0 saturated carbocycles. The van der Waals surface area contributed by atoms with Crippen LogP contribution in [0.3, 0.4) is 0 Å². The van der Waals surface area contributed by atoms with Gasteiger partial charge in [0.1, 0.15) is 5.56 Å². The fourth-order valence-electron chi connectivity index (χ4n) is 1.87. The quantitative estimate of drug-likeness (QED) is 0.599. The molecule has 1 aromatic rings. The van der Waals surface area contributed by atoms with E-state index < -0.39 is 29.8 Å². The molecule has 0 aliphatic rings. The molecule has 1 rings (SSSR count). The Morgan fingerprint density at radius 1 is 1.08 bits per heavy atom. The fraction of sp³-hybridized carbons (Fsp3) is 0.500. The molecule has 0 fully saturated rings. The van der Waals surface area contributed by atoms with E-state index in [1.165, 1.54) is 16.4 Å². The molecule has 2 amide bonds. The maximum Gasteiger partial charge on any atom is 0.460 e. The highest BCUT2D eigenvalue weighted by Gasteiger charge is 2.77. The van der Waals surface area contributed by atoms with Gasteiger partial charge in [0.15, 0.2) is 6.20 Å². The van der Waals surface area contributed by atoms with E-state index in [1.807, 2.05) is 0 Å². The molecule has 0 aliphatic heterocycles. The van der Waals surface area contributed by atoms with Crippen LogP contribution in [0, 0.1) is 0 Å². The van der Waals surface area contributed by atoms with Crippen molar-refractivity contribution in [2.24, 2.45) is 0 Å². The SMILES string of the molecule is CCN(CC)C(=O)c1ccc[n+](NC(=O)C(F)(F)C(F)(F)C(F)(F)F)c1.